The molecule has 2 aliphatic rings. The van der Waals surface area contributed by atoms with E-state index in [1.165, 1.54) is 26.2 Å². The molecule has 0 aromatic carbocycles. The van der Waals surface area contributed by atoms with Crippen molar-refractivity contribution in [1.29, 1.82) is 0 Å². The molecular weight excluding hydrogens is 337 g/mol. The van der Waals surface area contributed by atoms with Crippen LogP contribution in [0.25, 0.3) is 0 Å². The van der Waals surface area contributed by atoms with E-state index in [9.17, 15) is 18.0 Å². The maximum absolute atomic E-state index is 12.6. The number of aryl methyl sites for hydroxylation is 1. The van der Waals surface area contributed by atoms with Gasteiger partial charge in [-0.15, -0.1) is 0 Å². The molecule has 2 fully saturated rings. The molecule has 25 heavy (non-hydrogen) atoms. The minimum Gasteiger partial charge on any atom is -0.383 e. The van der Waals surface area contributed by atoms with Crippen molar-refractivity contribution in [3.05, 3.63) is 17.5 Å². The van der Waals surface area contributed by atoms with E-state index in [0.29, 0.717) is 24.0 Å². The molecule has 138 valence electrons. The third kappa shape index (κ3) is 4.13. The van der Waals surface area contributed by atoms with Crippen molar-refractivity contribution in [2.45, 2.75) is 51.7 Å². The Labute approximate surface area is 143 Å². The predicted octanol–water partition coefficient (Wildman–Crippen LogP) is 2.85. The lowest BCUT2D eigenvalue weighted by Gasteiger charge is -2.19. The fourth-order valence-corrected chi connectivity index (χ4v) is 3.98. The SMILES string of the molecule is Cc1cc(C(F)(F)F)nn1C/C(N)=N/OC(=O)CC1CC2CCC1C2. The summed E-state index contributed by atoms with van der Waals surface area (Å²) in [5.74, 6) is 1.13. The summed E-state index contributed by atoms with van der Waals surface area (Å²) in [5.41, 5.74) is 4.94. The average molecular weight is 358 g/mol. The minimum atomic E-state index is -4.52. The molecule has 2 saturated carbocycles. The van der Waals surface area contributed by atoms with Crippen LogP contribution in [0.1, 0.15) is 43.5 Å². The molecule has 0 spiro atoms. The van der Waals surface area contributed by atoms with Gasteiger partial charge in [0.15, 0.2) is 11.5 Å². The van der Waals surface area contributed by atoms with Crippen LogP contribution >= 0.6 is 0 Å². The molecular formula is C16H21F3N4O2. The largest absolute Gasteiger partial charge is 0.435 e. The van der Waals surface area contributed by atoms with Crippen LogP contribution in [0.3, 0.4) is 0 Å². The van der Waals surface area contributed by atoms with Gasteiger partial charge in [0.05, 0.1) is 6.42 Å². The highest BCUT2D eigenvalue weighted by Gasteiger charge is 2.40. The predicted molar refractivity (Wildman–Crippen MR) is 83.2 cm³/mol. The minimum absolute atomic E-state index is 0.110. The summed E-state index contributed by atoms with van der Waals surface area (Å²) < 4.78 is 38.9. The van der Waals surface area contributed by atoms with Crippen molar-refractivity contribution < 1.29 is 22.8 Å². The summed E-state index contributed by atoms with van der Waals surface area (Å²) in [5, 5.41) is 6.99. The normalized spacial score (nSPS) is 26.2. The number of carbonyl (C=O) groups excluding carboxylic acids is 1. The molecule has 0 amide bonds. The van der Waals surface area contributed by atoms with E-state index in [1.54, 1.807) is 0 Å². The zero-order chi connectivity index (χ0) is 18.2. The van der Waals surface area contributed by atoms with Crippen LogP contribution in [0.15, 0.2) is 11.2 Å². The molecule has 1 heterocycles. The van der Waals surface area contributed by atoms with Crippen molar-refractivity contribution in [3.63, 3.8) is 0 Å². The molecule has 2 bridgehead atoms. The number of fused-ring (bicyclic) bond motifs is 2. The van der Waals surface area contributed by atoms with Crippen LogP contribution in [0.4, 0.5) is 13.2 Å². The first-order valence-corrected chi connectivity index (χ1v) is 8.36. The number of carbonyl (C=O) groups is 1. The zero-order valence-electron chi connectivity index (χ0n) is 13.9. The van der Waals surface area contributed by atoms with Crippen LogP contribution < -0.4 is 5.73 Å². The van der Waals surface area contributed by atoms with E-state index < -0.39 is 17.8 Å². The molecule has 9 heteroatoms. The number of oxime groups is 1. The highest BCUT2D eigenvalue weighted by atomic mass is 19.4. The maximum Gasteiger partial charge on any atom is 0.435 e. The van der Waals surface area contributed by atoms with Crippen molar-refractivity contribution in [1.82, 2.24) is 9.78 Å². The van der Waals surface area contributed by atoms with Gasteiger partial charge in [-0.05, 0) is 50.0 Å². The van der Waals surface area contributed by atoms with Gasteiger partial charge in [0, 0.05) is 5.69 Å². The van der Waals surface area contributed by atoms with Crippen molar-refractivity contribution >= 4 is 11.8 Å². The van der Waals surface area contributed by atoms with Gasteiger partial charge in [-0.2, -0.15) is 18.3 Å². The third-order valence-corrected chi connectivity index (χ3v) is 5.16. The molecule has 0 saturated heterocycles. The smallest absolute Gasteiger partial charge is 0.383 e. The molecule has 1 aromatic rings. The average Bonchev–Trinajstić information content (AvgIpc) is 3.21. The van der Waals surface area contributed by atoms with E-state index in [-0.39, 0.29) is 12.4 Å². The molecule has 1 aromatic heterocycles. The first-order valence-electron chi connectivity index (χ1n) is 8.36. The number of hydrogen-bond acceptors (Lipinski definition) is 4. The number of rotatable bonds is 5. The molecule has 3 rings (SSSR count). The Bertz CT molecular complexity index is 683. The van der Waals surface area contributed by atoms with Gasteiger partial charge in [0.2, 0.25) is 0 Å². The van der Waals surface area contributed by atoms with Crippen LogP contribution in [0.5, 0.6) is 0 Å². The summed E-state index contributed by atoms with van der Waals surface area (Å²) in [6.45, 7) is 1.31. The molecule has 2 N–H and O–H groups in total. The quantitative estimate of drug-likeness (QED) is 0.380. The second kappa shape index (κ2) is 6.68. The summed E-state index contributed by atoms with van der Waals surface area (Å²) >= 11 is 0. The van der Waals surface area contributed by atoms with E-state index in [0.717, 1.165) is 23.1 Å². The first kappa shape index (κ1) is 17.8. The van der Waals surface area contributed by atoms with Crippen molar-refractivity contribution in [2.75, 3.05) is 0 Å². The standard InChI is InChI=1S/C16H21F3N4O2/c1-9-4-13(16(17,18)19)21-23(9)8-14(20)22-25-15(24)7-12-6-10-2-3-11(12)5-10/h4,10-12H,2-3,5-8H2,1H3,(H2,20,22). The van der Waals surface area contributed by atoms with Gasteiger partial charge in [-0.3, -0.25) is 4.68 Å². The number of nitrogens with zero attached hydrogens (tertiary/aromatic N) is 3. The summed E-state index contributed by atoms with van der Waals surface area (Å²) in [6.07, 6.45) is 0.486. The van der Waals surface area contributed by atoms with E-state index in [4.69, 9.17) is 10.6 Å². The lowest BCUT2D eigenvalue weighted by atomic mass is 9.86. The van der Waals surface area contributed by atoms with Crippen LogP contribution in [0, 0.1) is 24.7 Å². The fourth-order valence-electron chi connectivity index (χ4n) is 3.98. The number of nitrogens with two attached hydrogens (primary N) is 1. The van der Waals surface area contributed by atoms with Gasteiger partial charge in [-0.1, -0.05) is 11.6 Å². The van der Waals surface area contributed by atoms with Gasteiger partial charge in [-0.25, -0.2) is 4.79 Å². The molecule has 0 aliphatic heterocycles. The second-order valence-corrected chi connectivity index (χ2v) is 7.01. The molecule has 2 aliphatic carbocycles. The maximum atomic E-state index is 12.6. The Balaban J connectivity index is 1.52. The summed E-state index contributed by atoms with van der Waals surface area (Å²) in [6, 6.07) is 0.925. The van der Waals surface area contributed by atoms with Gasteiger partial charge < -0.3 is 10.6 Å². The monoisotopic (exact) mass is 358 g/mol. The number of aromatic nitrogens is 2. The Hall–Kier alpha value is -2.06. The van der Waals surface area contributed by atoms with Crippen LogP contribution in [-0.4, -0.2) is 21.6 Å². The zero-order valence-corrected chi connectivity index (χ0v) is 13.9. The van der Waals surface area contributed by atoms with E-state index in [1.807, 2.05) is 0 Å². The van der Waals surface area contributed by atoms with Gasteiger partial charge in [0.1, 0.15) is 6.54 Å². The van der Waals surface area contributed by atoms with Gasteiger partial charge >= 0.3 is 12.1 Å². The lowest BCUT2D eigenvalue weighted by molar-refractivity contribution is -0.145. The molecule has 0 radical (unpaired) electrons. The van der Waals surface area contributed by atoms with Crippen molar-refractivity contribution in [3.8, 4) is 0 Å². The molecule has 3 unspecified atom stereocenters. The van der Waals surface area contributed by atoms with Crippen LogP contribution in [-0.2, 0) is 22.4 Å². The summed E-state index contributed by atoms with van der Waals surface area (Å²) in [7, 11) is 0. The van der Waals surface area contributed by atoms with Gasteiger partial charge in [0.25, 0.3) is 0 Å². The Morgan fingerprint density at radius 1 is 1.44 bits per heavy atom. The van der Waals surface area contributed by atoms with E-state index in [2.05, 4.69) is 10.3 Å². The molecule has 6 nitrogen and oxygen atoms in total. The highest BCUT2D eigenvalue weighted by molar-refractivity contribution is 5.80. The Kier molecular flexibility index (Phi) is 4.75. The van der Waals surface area contributed by atoms with Crippen molar-refractivity contribution in [2.24, 2.45) is 28.6 Å². The lowest BCUT2D eigenvalue weighted by Crippen LogP contribution is -2.23. The first-order chi connectivity index (χ1) is 11.7. The topological polar surface area (TPSA) is 82.5 Å². The molecule has 3 atom stereocenters. The third-order valence-electron chi connectivity index (χ3n) is 5.16. The summed E-state index contributed by atoms with van der Waals surface area (Å²) in [4.78, 5) is 16.7. The Morgan fingerprint density at radius 3 is 2.76 bits per heavy atom. The number of hydrogen-bond donors (Lipinski definition) is 1. The van der Waals surface area contributed by atoms with Crippen LogP contribution in [0.2, 0.25) is 0 Å². The fraction of sp³-hybridized carbons (Fsp3) is 0.688. The Morgan fingerprint density at radius 2 is 2.20 bits per heavy atom. The highest BCUT2D eigenvalue weighted by Crippen LogP contribution is 2.49. The number of alkyl halides is 3. The number of halogens is 3. The second-order valence-electron chi connectivity index (χ2n) is 7.01. The number of amidine groups is 1. The van der Waals surface area contributed by atoms with E-state index >= 15 is 0 Å².